The summed E-state index contributed by atoms with van der Waals surface area (Å²) in [4.78, 5) is 16.0. The molecule has 7 nitrogen and oxygen atoms in total. The van der Waals surface area contributed by atoms with Crippen LogP contribution in [0.4, 0.5) is 14.7 Å². The molecule has 1 unspecified atom stereocenters. The van der Waals surface area contributed by atoms with Crippen LogP contribution in [-0.2, 0) is 21.8 Å². The van der Waals surface area contributed by atoms with E-state index < -0.39 is 17.6 Å². The van der Waals surface area contributed by atoms with Crippen LogP contribution in [0, 0.1) is 5.82 Å². The van der Waals surface area contributed by atoms with E-state index in [0.29, 0.717) is 30.2 Å². The van der Waals surface area contributed by atoms with Crippen molar-refractivity contribution in [2.45, 2.75) is 18.4 Å². The fourth-order valence-corrected chi connectivity index (χ4v) is 5.38. The highest BCUT2D eigenvalue weighted by Gasteiger charge is 2.38. The van der Waals surface area contributed by atoms with E-state index in [1.54, 1.807) is 24.5 Å². The van der Waals surface area contributed by atoms with Gasteiger partial charge in [0.2, 0.25) is 5.95 Å². The summed E-state index contributed by atoms with van der Waals surface area (Å²) in [6, 6.07) is 34.3. The number of benzene rings is 4. The minimum Gasteiger partial charge on any atom is -0.393 e. The van der Waals surface area contributed by atoms with E-state index in [-0.39, 0.29) is 25.4 Å². The van der Waals surface area contributed by atoms with E-state index in [0.717, 1.165) is 22.4 Å². The summed E-state index contributed by atoms with van der Waals surface area (Å²) in [5.74, 6) is -0.0263. The number of aliphatic hydroxyl groups is 1. The zero-order valence-electron chi connectivity index (χ0n) is 24.5. The molecular weight excluding hydrogens is 574 g/mol. The van der Waals surface area contributed by atoms with Crippen molar-refractivity contribution >= 4 is 11.7 Å². The molecule has 0 spiro atoms. The quantitative estimate of drug-likeness (QED) is 0.132. The lowest BCUT2D eigenvalue weighted by Crippen LogP contribution is -2.48. The zero-order chi connectivity index (χ0) is 31.1. The Labute approximate surface area is 260 Å². The molecule has 1 atom stereocenters. The van der Waals surface area contributed by atoms with Gasteiger partial charge < -0.3 is 19.6 Å². The second kappa shape index (κ2) is 13.8. The normalized spacial score (nSPS) is 13.7. The molecule has 4 aromatic carbocycles. The van der Waals surface area contributed by atoms with Gasteiger partial charge in [-0.3, -0.25) is 0 Å². The molecule has 1 aliphatic rings. The van der Waals surface area contributed by atoms with E-state index in [4.69, 9.17) is 9.57 Å². The highest BCUT2D eigenvalue weighted by molar-refractivity contribution is 5.98. The van der Waals surface area contributed by atoms with E-state index in [1.807, 2.05) is 95.9 Å². The predicted octanol–water partition coefficient (Wildman–Crippen LogP) is 6.31. The molecular formula is C36H32F2N4O3. The van der Waals surface area contributed by atoms with Gasteiger partial charge in [0.25, 0.3) is 0 Å². The topological polar surface area (TPSA) is 80.1 Å². The highest BCUT2D eigenvalue weighted by Crippen LogP contribution is 2.40. The Bertz CT molecular complexity index is 1620. The van der Waals surface area contributed by atoms with Gasteiger partial charge in [-0.2, -0.15) is 0 Å². The predicted molar refractivity (Wildman–Crippen MR) is 169 cm³/mol. The molecule has 0 amide bonds. The zero-order valence-corrected chi connectivity index (χ0v) is 24.5. The summed E-state index contributed by atoms with van der Waals surface area (Å²) in [5, 5.41) is 13.4. The average Bonchev–Trinajstić information content (AvgIpc) is 3.08. The molecule has 1 aliphatic heterocycles. The maximum atomic E-state index is 15.3. The first-order chi connectivity index (χ1) is 22.1. The van der Waals surface area contributed by atoms with Crippen molar-refractivity contribution < 1.29 is 23.5 Å². The number of anilines is 1. The Kier molecular flexibility index (Phi) is 9.19. The van der Waals surface area contributed by atoms with Gasteiger partial charge in [-0.05, 0) is 16.7 Å². The maximum absolute atomic E-state index is 15.3. The van der Waals surface area contributed by atoms with Crippen LogP contribution >= 0.6 is 0 Å². The van der Waals surface area contributed by atoms with Crippen molar-refractivity contribution in [2.75, 3.05) is 31.2 Å². The van der Waals surface area contributed by atoms with E-state index in [2.05, 4.69) is 15.1 Å². The highest BCUT2D eigenvalue weighted by atomic mass is 19.1. The van der Waals surface area contributed by atoms with Gasteiger partial charge in [-0.25, -0.2) is 18.7 Å². The van der Waals surface area contributed by atoms with Crippen LogP contribution in [0.25, 0.3) is 11.1 Å². The van der Waals surface area contributed by atoms with E-state index >= 15 is 4.39 Å². The number of aromatic nitrogens is 2. The third kappa shape index (κ3) is 6.45. The first-order valence-corrected chi connectivity index (χ1v) is 14.7. The molecule has 0 saturated carbocycles. The van der Waals surface area contributed by atoms with Crippen molar-refractivity contribution in [3.05, 3.63) is 150 Å². The smallest absolute Gasteiger partial charge is 0.225 e. The van der Waals surface area contributed by atoms with Crippen molar-refractivity contribution in [2.24, 2.45) is 5.16 Å². The minimum atomic E-state index is -1.43. The van der Waals surface area contributed by atoms with Gasteiger partial charge in [0.05, 0.1) is 32.0 Å². The molecule has 1 fully saturated rings. The summed E-state index contributed by atoms with van der Waals surface area (Å²) < 4.78 is 36.3. The van der Waals surface area contributed by atoms with Crippen LogP contribution in [0.3, 0.4) is 0 Å². The number of nitrogens with zero attached hydrogens (tertiary/aromatic N) is 4. The SMILES string of the molecule is OCc1cccc(-c2cnc(N3CC(=NOCC(F)COC(c4ccccc4)(c4ccccc4)c4ccccc4)C3)nc2)c1F. The van der Waals surface area contributed by atoms with Gasteiger partial charge in [-0.1, -0.05) is 114 Å². The molecule has 5 aromatic rings. The van der Waals surface area contributed by atoms with Crippen molar-refractivity contribution in [1.29, 1.82) is 0 Å². The molecule has 6 rings (SSSR count). The molecule has 0 aliphatic carbocycles. The van der Waals surface area contributed by atoms with Crippen LogP contribution in [-0.4, -0.2) is 53.3 Å². The fourth-order valence-electron chi connectivity index (χ4n) is 5.38. The standard InChI is InChI=1S/C36H32F2N4O3/c37-31(24-44-36(28-12-4-1-5-13-28,29-14-6-2-7-15-29)30-16-8-3-9-17-30)25-45-41-32-21-42(22-32)35-39-19-27(20-40-35)33-18-10-11-26(23-43)34(33)38/h1-20,31,43H,21-25H2. The van der Waals surface area contributed by atoms with E-state index in [1.165, 1.54) is 6.07 Å². The first kappa shape index (κ1) is 30.1. The Morgan fingerprint density at radius 2 is 1.33 bits per heavy atom. The van der Waals surface area contributed by atoms with Crippen molar-refractivity contribution in [3.8, 4) is 11.1 Å². The van der Waals surface area contributed by atoms with Crippen LogP contribution in [0.2, 0.25) is 0 Å². The minimum absolute atomic E-state index is 0.211. The Morgan fingerprint density at radius 1 is 0.778 bits per heavy atom. The number of ether oxygens (including phenoxy) is 1. The largest absolute Gasteiger partial charge is 0.393 e. The maximum Gasteiger partial charge on any atom is 0.225 e. The van der Waals surface area contributed by atoms with Crippen LogP contribution in [0.15, 0.2) is 127 Å². The fraction of sp³-hybridized carbons (Fsp3) is 0.194. The Balaban J connectivity index is 1.07. The molecule has 228 valence electrons. The second-order valence-electron chi connectivity index (χ2n) is 10.7. The molecule has 1 saturated heterocycles. The third-order valence-corrected chi connectivity index (χ3v) is 7.70. The number of halogens is 2. The number of aliphatic hydroxyl groups excluding tert-OH is 1. The number of alkyl halides is 1. The van der Waals surface area contributed by atoms with Crippen LogP contribution in [0.1, 0.15) is 22.3 Å². The van der Waals surface area contributed by atoms with E-state index in [9.17, 15) is 9.50 Å². The molecule has 0 bridgehead atoms. The van der Waals surface area contributed by atoms with Gasteiger partial charge in [0.15, 0.2) is 12.8 Å². The van der Waals surface area contributed by atoms with Crippen LogP contribution < -0.4 is 4.90 Å². The molecule has 9 heteroatoms. The average molecular weight is 607 g/mol. The number of hydrogen-bond acceptors (Lipinski definition) is 7. The number of oxime groups is 1. The summed E-state index contributed by atoms with van der Waals surface area (Å²) in [5.41, 5.74) is 3.44. The summed E-state index contributed by atoms with van der Waals surface area (Å²) >= 11 is 0. The molecule has 2 heterocycles. The monoisotopic (exact) mass is 606 g/mol. The van der Waals surface area contributed by atoms with Gasteiger partial charge >= 0.3 is 0 Å². The second-order valence-corrected chi connectivity index (χ2v) is 10.7. The van der Waals surface area contributed by atoms with Crippen molar-refractivity contribution in [3.63, 3.8) is 0 Å². The Hall–Kier alpha value is -4.99. The summed E-state index contributed by atoms with van der Waals surface area (Å²) in [7, 11) is 0. The number of rotatable bonds is 12. The molecule has 1 N–H and O–H groups in total. The molecule has 1 aromatic heterocycles. The van der Waals surface area contributed by atoms with Gasteiger partial charge in [0, 0.05) is 29.1 Å². The van der Waals surface area contributed by atoms with Crippen molar-refractivity contribution in [1.82, 2.24) is 9.97 Å². The lowest BCUT2D eigenvalue weighted by Gasteiger charge is -2.36. The Morgan fingerprint density at radius 3 is 1.87 bits per heavy atom. The van der Waals surface area contributed by atoms with Gasteiger partial charge in [-0.15, -0.1) is 0 Å². The third-order valence-electron chi connectivity index (χ3n) is 7.70. The van der Waals surface area contributed by atoms with Crippen LogP contribution in [0.5, 0.6) is 0 Å². The number of hydrogen-bond donors (Lipinski definition) is 1. The molecule has 0 radical (unpaired) electrons. The summed E-state index contributed by atoms with van der Waals surface area (Å²) in [6.45, 7) is 0.00242. The first-order valence-electron chi connectivity index (χ1n) is 14.7. The van der Waals surface area contributed by atoms with Gasteiger partial charge in [0.1, 0.15) is 11.4 Å². The lowest BCUT2D eigenvalue weighted by molar-refractivity contribution is -0.0372. The molecule has 45 heavy (non-hydrogen) atoms. The summed E-state index contributed by atoms with van der Waals surface area (Å²) in [6.07, 6.45) is 1.66. The lowest BCUT2D eigenvalue weighted by atomic mass is 9.80.